The number of hydrogen-bond acceptors (Lipinski definition) is 5. The minimum Gasteiger partial charge on any atom is -0.493 e. The third kappa shape index (κ3) is 3.87. The lowest BCUT2D eigenvalue weighted by molar-refractivity contribution is -0.0697. The van der Waals surface area contributed by atoms with Crippen molar-refractivity contribution >= 4 is 5.70 Å². The molecular weight excluding hydrogens is 352 g/mol. The molecule has 1 aromatic rings. The molecule has 28 heavy (non-hydrogen) atoms. The predicted molar refractivity (Wildman–Crippen MR) is 109 cm³/mol. The van der Waals surface area contributed by atoms with Crippen LogP contribution in [-0.4, -0.2) is 43.3 Å². The number of nitrogens with one attached hydrogen (secondary N) is 1. The zero-order valence-corrected chi connectivity index (χ0v) is 16.9. The molecule has 2 aliphatic carbocycles. The van der Waals surface area contributed by atoms with Gasteiger partial charge in [0.15, 0.2) is 11.5 Å². The van der Waals surface area contributed by atoms with E-state index in [1.54, 1.807) is 7.11 Å². The summed E-state index contributed by atoms with van der Waals surface area (Å²) < 4.78 is 11.8. The minimum atomic E-state index is -0.165. The van der Waals surface area contributed by atoms with Crippen LogP contribution < -0.4 is 15.0 Å². The summed E-state index contributed by atoms with van der Waals surface area (Å²) in [6.07, 6.45) is 12.3. The fourth-order valence-corrected chi connectivity index (χ4v) is 4.77. The Hall–Kier alpha value is -1.72. The van der Waals surface area contributed by atoms with Crippen LogP contribution in [0.15, 0.2) is 24.3 Å². The maximum Gasteiger partial charge on any atom is 0.162 e. The Kier molecular flexibility index (Phi) is 4.97. The van der Waals surface area contributed by atoms with Gasteiger partial charge in [-0.25, -0.2) is 0 Å². The molecule has 4 aliphatic rings. The Morgan fingerprint density at radius 3 is 2.61 bits per heavy atom. The van der Waals surface area contributed by atoms with Crippen molar-refractivity contribution in [3.63, 3.8) is 0 Å². The molecule has 1 N–H and O–H groups in total. The normalized spacial score (nSPS) is 25.0. The molecule has 2 heterocycles. The van der Waals surface area contributed by atoms with Crippen LogP contribution >= 0.6 is 0 Å². The number of hydroxylamine groups is 1. The third-order valence-electron chi connectivity index (χ3n) is 6.76. The molecule has 1 saturated heterocycles. The van der Waals surface area contributed by atoms with Crippen LogP contribution in [0.25, 0.3) is 5.70 Å². The first-order valence-electron chi connectivity index (χ1n) is 11.0. The zero-order chi connectivity index (χ0) is 19.0. The van der Waals surface area contributed by atoms with Gasteiger partial charge in [-0.15, -0.1) is 0 Å². The lowest BCUT2D eigenvalue weighted by atomic mass is 9.90. The average molecular weight is 385 g/mol. The Balaban J connectivity index is 1.29. The molecule has 152 valence electrons. The number of nitrogens with zero attached hydrogens (tertiary/aromatic N) is 1. The molecule has 1 spiro atoms. The Labute approximate surface area is 168 Å². The highest BCUT2D eigenvalue weighted by atomic mass is 16.7. The second-order valence-corrected chi connectivity index (χ2v) is 8.96. The van der Waals surface area contributed by atoms with Gasteiger partial charge in [-0.1, -0.05) is 0 Å². The van der Waals surface area contributed by atoms with Gasteiger partial charge in [-0.05, 0) is 81.6 Å². The topological polar surface area (TPSA) is 43.0 Å². The van der Waals surface area contributed by atoms with Crippen molar-refractivity contribution in [1.29, 1.82) is 0 Å². The van der Waals surface area contributed by atoms with E-state index < -0.39 is 0 Å². The monoisotopic (exact) mass is 384 g/mol. The average Bonchev–Trinajstić information content (AvgIpc) is 3.21. The van der Waals surface area contributed by atoms with Gasteiger partial charge in [0.25, 0.3) is 0 Å². The highest BCUT2D eigenvalue weighted by Crippen LogP contribution is 2.39. The number of rotatable bonds is 6. The van der Waals surface area contributed by atoms with Gasteiger partial charge in [0.1, 0.15) is 5.60 Å². The van der Waals surface area contributed by atoms with Crippen LogP contribution in [0.1, 0.15) is 56.9 Å². The molecule has 2 aliphatic heterocycles. The summed E-state index contributed by atoms with van der Waals surface area (Å²) in [5.74, 6) is 2.61. The molecule has 0 unspecified atom stereocenters. The molecule has 1 aromatic carbocycles. The molecular formula is C23H32N2O3. The number of piperidine rings is 1. The van der Waals surface area contributed by atoms with Gasteiger partial charge in [-0.3, -0.25) is 10.3 Å². The standard InChI is InChI=1S/C23H32N2O3/c1-26-21-9-8-18(14-22(21)27-19-4-2-3-5-19)20-15-23(28-24-20)10-12-25(13-11-23)16-17-6-7-17/h8-9,14-15,17,19,24H,2-7,10-13,16H2,1H3. The summed E-state index contributed by atoms with van der Waals surface area (Å²) in [4.78, 5) is 8.72. The van der Waals surface area contributed by atoms with E-state index in [4.69, 9.17) is 14.3 Å². The minimum absolute atomic E-state index is 0.165. The van der Waals surface area contributed by atoms with E-state index >= 15 is 0 Å². The van der Waals surface area contributed by atoms with Crippen LogP contribution in [-0.2, 0) is 4.84 Å². The van der Waals surface area contributed by atoms with Gasteiger partial charge < -0.3 is 14.4 Å². The summed E-state index contributed by atoms with van der Waals surface area (Å²) in [5, 5.41) is 0. The van der Waals surface area contributed by atoms with Gasteiger partial charge in [0, 0.05) is 25.2 Å². The lowest BCUT2D eigenvalue weighted by Crippen LogP contribution is -2.45. The molecule has 0 radical (unpaired) electrons. The Morgan fingerprint density at radius 2 is 1.89 bits per heavy atom. The number of methoxy groups -OCH3 is 1. The van der Waals surface area contributed by atoms with Crippen LogP contribution in [0.2, 0.25) is 0 Å². The SMILES string of the molecule is COc1ccc(C2=CC3(CCN(CC4CC4)CC3)ON2)cc1OC1CCCC1. The molecule has 0 amide bonds. The van der Waals surface area contributed by atoms with Crippen molar-refractivity contribution in [2.75, 3.05) is 26.7 Å². The van der Waals surface area contributed by atoms with Gasteiger partial charge >= 0.3 is 0 Å². The largest absolute Gasteiger partial charge is 0.493 e. The van der Waals surface area contributed by atoms with Gasteiger partial charge in [0.05, 0.1) is 18.9 Å². The van der Waals surface area contributed by atoms with E-state index in [9.17, 15) is 0 Å². The van der Waals surface area contributed by atoms with E-state index in [2.05, 4.69) is 28.6 Å². The molecule has 5 heteroatoms. The molecule has 2 saturated carbocycles. The first kappa shape index (κ1) is 18.3. The van der Waals surface area contributed by atoms with E-state index in [0.29, 0.717) is 6.10 Å². The molecule has 0 bridgehead atoms. The van der Waals surface area contributed by atoms with Crippen molar-refractivity contribution in [1.82, 2.24) is 10.4 Å². The van der Waals surface area contributed by atoms with E-state index in [1.807, 2.05) is 6.07 Å². The molecule has 3 fully saturated rings. The number of likely N-dealkylation sites (tertiary alicyclic amines) is 1. The van der Waals surface area contributed by atoms with Gasteiger partial charge in [-0.2, -0.15) is 0 Å². The van der Waals surface area contributed by atoms with Crippen molar-refractivity contribution < 1.29 is 14.3 Å². The van der Waals surface area contributed by atoms with Crippen molar-refractivity contribution in [3.8, 4) is 11.5 Å². The first-order valence-corrected chi connectivity index (χ1v) is 11.0. The van der Waals surface area contributed by atoms with Gasteiger partial charge in [0.2, 0.25) is 0 Å². The van der Waals surface area contributed by atoms with E-state index in [-0.39, 0.29) is 5.60 Å². The third-order valence-corrected chi connectivity index (χ3v) is 6.76. The van der Waals surface area contributed by atoms with Crippen molar-refractivity contribution in [2.45, 2.75) is 63.1 Å². The molecule has 5 rings (SSSR count). The quantitative estimate of drug-likeness (QED) is 0.799. The maximum absolute atomic E-state index is 6.26. The number of hydrogen-bond donors (Lipinski definition) is 1. The molecule has 5 nitrogen and oxygen atoms in total. The smallest absolute Gasteiger partial charge is 0.162 e. The zero-order valence-electron chi connectivity index (χ0n) is 16.9. The van der Waals surface area contributed by atoms with Crippen molar-refractivity contribution in [2.24, 2.45) is 5.92 Å². The number of benzene rings is 1. The summed E-state index contributed by atoms with van der Waals surface area (Å²) in [6.45, 7) is 3.53. The Bertz CT molecular complexity index is 729. The predicted octanol–water partition coefficient (Wildman–Crippen LogP) is 4.14. The van der Waals surface area contributed by atoms with Crippen LogP contribution in [0.3, 0.4) is 0 Å². The summed E-state index contributed by atoms with van der Waals surface area (Å²) in [6, 6.07) is 6.19. The van der Waals surface area contributed by atoms with E-state index in [0.717, 1.165) is 67.5 Å². The van der Waals surface area contributed by atoms with Crippen LogP contribution in [0.5, 0.6) is 11.5 Å². The highest BCUT2D eigenvalue weighted by molar-refractivity contribution is 5.68. The van der Waals surface area contributed by atoms with Crippen LogP contribution in [0.4, 0.5) is 0 Å². The second-order valence-electron chi connectivity index (χ2n) is 8.96. The summed E-state index contributed by atoms with van der Waals surface area (Å²) in [7, 11) is 1.71. The Morgan fingerprint density at radius 1 is 1.11 bits per heavy atom. The number of ether oxygens (including phenoxy) is 2. The maximum atomic E-state index is 6.26. The molecule has 0 aromatic heterocycles. The van der Waals surface area contributed by atoms with Crippen molar-refractivity contribution in [3.05, 3.63) is 29.8 Å². The fraction of sp³-hybridized carbons (Fsp3) is 0.652. The summed E-state index contributed by atoms with van der Waals surface area (Å²) in [5.41, 5.74) is 5.19. The second kappa shape index (κ2) is 7.60. The fourth-order valence-electron chi connectivity index (χ4n) is 4.77. The van der Waals surface area contributed by atoms with Crippen LogP contribution in [0, 0.1) is 5.92 Å². The van der Waals surface area contributed by atoms with E-state index in [1.165, 1.54) is 32.2 Å². The lowest BCUT2D eigenvalue weighted by Gasteiger charge is -2.36. The molecule has 0 atom stereocenters. The highest BCUT2D eigenvalue weighted by Gasteiger charge is 2.39. The summed E-state index contributed by atoms with van der Waals surface area (Å²) >= 11 is 0. The first-order chi connectivity index (χ1) is 13.7.